The number of sulfonamides is 1. The zero-order valence-corrected chi connectivity index (χ0v) is 23.5. The van der Waals surface area contributed by atoms with E-state index in [0.29, 0.717) is 47.4 Å². The number of hydrogen-bond donors (Lipinski definition) is 2. The van der Waals surface area contributed by atoms with Crippen LogP contribution in [0.15, 0.2) is 64.5 Å². The van der Waals surface area contributed by atoms with Crippen molar-refractivity contribution in [3.63, 3.8) is 0 Å². The molecule has 0 aliphatic heterocycles. The van der Waals surface area contributed by atoms with E-state index in [0.717, 1.165) is 11.1 Å². The molecular weight excluding hydrogens is 540 g/mol. The summed E-state index contributed by atoms with van der Waals surface area (Å²) in [6.07, 6.45) is 0.947. The van der Waals surface area contributed by atoms with Crippen LogP contribution in [0.25, 0.3) is 5.65 Å². The standard InChI is InChI=1S/C26H30N6O5S2/c1-18-4-7-20(8-5-18)39(34,35)28-15-13-24-30-29-23-10-11-26(31-32(23)24)38-17-25(33)27-14-12-19-6-9-21(36-2)22(16-19)37-3/h4-11,16,28H,12-15,17H2,1-3H3,(H,27,33). The van der Waals surface area contributed by atoms with Crippen molar-refractivity contribution < 1.29 is 22.7 Å². The number of nitrogens with one attached hydrogen (secondary N) is 2. The molecule has 0 bridgehead atoms. The average molecular weight is 571 g/mol. The first-order valence-corrected chi connectivity index (χ1v) is 14.6. The summed E-state index contributed by atoms with van der Waals surface area (Å²) in [5, 5.41) is 16.3. The fourth-order valence-corrected chi connectivity index (χ4v) is 5.44. The highest BCUT2D eigenvalue weighted by Gasteiger charge is 2.15. The molecule has 2 aromatic heterocycles. The highest BCUT2D eigenvalue weighted by Crippen LogP contribution is 2.27. The molecule has 0 spiro atoms. The van der Waals surface area contributed by atoms with E-state index in [1.165, 1.54) is 11.8 Å². The maximum atomic E-state index is 12.5. The first-order chi connectivity index (χ1) is 18.8. The second-order valence-corrected chi connectivity index (χ2v) is 11.4. The van der Waals surface area contributed by atoms with Gasteiger partial charge in [-0.2, -0.15) is 9.61 Å². The summed E-state index contributed by atoms with van der Waals surface area (Å²) >= 11 is 1.29. The number of aryl methyl sites for hydroxylation is 1. The van der Waals surface area contributed by atoms with Gasteiger partial charge in [0, 0.05) is 19.5 Å². The number of carbonyl (C=O) groups is 1. The largest absolute Gasteiger partial charge is 0.493 e. The first-order valence-electron chi connectivity index (χ1n) is 12.2. The molecule has 4 rings (SSSR count). The molecule has 1 amide bonds. The molecule has 0 atom stereocenters. The maximum Gasteiger partial charge on any atom is 0.240 e. The van der Waals surface area contributed by atoms with Crippen molar-refractivity contribution in [1.29, 1.82) is 0 Å². The second-order valence-electron chi connectivity index (χ2n) is 8.60. The minimum absolute atomic E-state index is 0.114. The maximum absolute atomic E-state index is 12.5. The van der Waals surface area contributed by atoms with Crippen LogP contribution < -0.4 is 19.5 Å². The minimum Gasteiger partial charge on any atom is -0.493 e. The Morgan fingerprint density at radius 3 is 2.46 bits per heavy atom. The van der Waals surface area contributed by atoms with Gasteiger partial charge >= 0.3 is 0 Å². The highest BCUT2D eigenvalue weighted by molar-refractivity contribution is 7.99. The van der Waals surface area contributed by atoms with E-state index in [9.17, 15) is 13.2 Å². The summed E-state index contributed by atoms with van der Waals surface area (Å²) < 4.78 is 39.8. The Hall–Kier alpha value is -3.68. The number of hydrogen-bond acceptors (Lipinski definition) is 9. The number of methoxy groups -OCH3 is 2. The second kappa shape index (κ2) is 12.9. The number of rotatable bonds is 13. The Bertz CT molecular complexity index is 1540. The lowest BCUT2D eigenvalue weighted by molar-refractivity contribution is -0.118. The van der Waals surface area contributed by atoms with Gasteiger partial charge in [0.25, 0.3) is 0 Å². The summed E-state index contributed by atoms with van der Waals surface area (Å²) in [7, 11) is -0.457. The van der Waals surface area contributed by atoms with Gasteiger partial charge in [-0.15, -0.1) is 10.2 Å². The van der Waals surface area contributed by atoms with Gasteiger partial charge in [0.2, 0.25) is 15.9 Å². The number of thioether (sulfide) groups is 1. The van der Waals surface area contributed by atoms with E-state index in [1.807, 2.05) is 25.1 Å². The third kappa shape index (κ3) is 7.46. The quantitative estimate of drug-likeness (QED) is 0.232. The van der Waals surface area contributed by atoms with Gasteiger partial charge in [-0.25, -0.2) is 13.1 Å². The van der Waals surface area contributed by atoms with Crippen molar-refractivity contribution >= 4 is 33.3 Å². The summed E-state index contributed by atoms with van der Waals surface area (Å²) in [4.78, 5) is 12.6. The summed E-state index contributed by atoms with van der Waals surface area (Å²) in [6, 6.07) is 15.8. The third-order valence-corrected chi connectivity index (χ3v) is 8.21. The smallest absolute Gasteiger partial charge is 0.240 e. The Morgan fingerprint density at radius 1 is 0.949 bits per heavy atom. The third-order valence-electron chi connectivity index (χ3n) is 5.81. The van der Waals surface area contributed by atoms with Crippen LogP contribution in [0.1, 0.15) is 17.0 Å². The molecule has 39 heavy (non-hydrogen) atoms. The Balaban J connectivity index is 1.27. The molecule has 2 N–H and O–H groups in total. The van der Waals surface area contributed by atoms with E-state index >= 15 is 0 Å². The van der Waals surface area contributed by atoms with E-state index in [-0.39, 0.29) is 23.1 Å². The van der Waals surface area contributed by atoms with Crippen molar-refractivity contribution in [3.05, 3.63) is 71.5 Å². The Kier molecular flexibility index (Phi) is 9.38. The number of amides is 1. The SMILES string of the molecule is COc1ccc(CCNC(=O)CSc2ccc3nnc(CCNS(=O)(=O)c4ccc(C)cc4)n3n2)cc1OC. The lowest BCUT2D eigenvalue weighted by atomic mass is 10.1. The molecule has 0 aliphatic rings. The zero-order valence-electron chi connectivity index (χ0n) is 21.9. The molecule has 11 nitrogen and oxygen atoms in total. The molecule has 206 valence electrons. The fraction of sp³-hybridized carbons (Fsp3) is 0.308. The Labute approximate surface area is 231 Å². The van der Waals surface area contributed by atoms with E-state index < -0.39 is 10.0 Å². The van der Waals surface area contributed by atoms with E-state index in [4.69, 9.17) is 9.47 Å². The molecule has 2 aromatic carbocycles. The number of ether oxygens (including phenoxy) is 2. The van der Waals surface area contributed by atoms with Gasteiger partial charge in [-0.05, 0) is 55.3 Å². The van der Waals surface area contributed by atoms with Crippen molar-refractivity contribution in [2.75, 3.05) is 33.1 Å². The molecule has 13 heteroatoms. The summed E-state index contributed by atoms with van der Waals surface area (Å²) in [5.41, 5.74) is 2.54. The molecule has 0 fully saturated rings. The average Bonchev–Trinajstić information content (AvgIpc) is 3.34. The monoisotopic (exact) mass is 570 g/mol. The van der Waals surface area contributed by atoms with Crippen molar-refractivity contribution in [1.82, 2.24) is 29.9 Å². The van der Waals surface area contributed by atoms with Crippen LogP contribution in [-0.4, -0.2) is 67.2 Å². The number of fused-ring (bicyclic) bond motifs is 1. The topological polar surface area (TPSA) is 137 Å². The number of aromatic nitrogens is 4. The van der Waals surface area contributed by atoms with Gasteiger partial charge in [0.05, 0.1) is 24.9 Å². The molecule has 0 aliphatic carbocycles. The molecule has 0 saturated carbocycles. The molecular formula is C26H30N6O5S2. The predicted octanol–water partition coefficient (Wildman–Crippen LogP) is 2.42. The van der Waals surface area contributed by atoms with Crippen LogP contribution in [0.3, 0.4) is 0 Å². The Morgan fingerprint density at radius 2 is 1.72 bits per heavy atom. The van der Waals surface area contributed by atoms with Crippen molar-refractivity contribution in [3.8, 4) is 11.5 Å². The van der Waals surface area contributed by atoms with Gasteiger partial charge < -0.3 is 14.8 Å². The highest BCUT2D eigenvalue weighted by atomic mass is 32.2. The van der Waals surface area contributed by atoms with Crippen LogP contribution in [0.2, 0.25) is 0 Å². The lowest BCUT2D eigenvalue weighted by Gasteiger charge is -2.10. The summed E-state index contributed by atoms with van der Waals surface area (Å²) in [5.74, 6) is 1.90. The molecule has 0 saturated heterocycles. The van der Waals surface area contributed by atoms with Crippen molar-refractivity contribution in [2.24, 2.45) is 0 Å². The first kappa shape index (κ1) is 28.3. The zero-order chi connectivity index (χ0) is 27.8. The molecule has 2 heterocycles. The molecule has 4 aromatic rings. The number of nitrogens with zero attached hydrogens (tertiary/aromatic N) is 4. The number of carbonyl (C=O) groups excluding carboxylic acids is 1. The van der Waals surface area contributed by atoms with Gasteiger partial charge in [0.15, 0.2) is 23.0 Å². The summed E-state index contributed by atoms with van der Waals surface area (Å²) in [6.45, 7) is 2.52. The van der Waals surface area contributed by atoms with Crippen molar-refractivity contribution in [2.45, 2.75) is 29.7 Å². The fourth-order valence-electron chi connectivity index (χ4n) is 3.72. The van der Waals surface area contributed by atoms with Gasteiger partial charge in [-0.3, -0.25) is 4.79 Å². The van der Waals surface area contributed by atoms with Crippen LogP contribution in [-0.2, 0) is 27.7 Å². The lowest BCUT2D eigenvalue weighted by Crippen LogP contribution is -2.27. The van der Waals surface area contributed by atoms with Gasteiger partial charge in [-0.1, -0.05) is 35.5 Å². The van der Waals surface area contributed by atoms with Crippen LogP contribution >= 0.6 is 11.8 Å². The van der Waals surface area contributed by atoms with Crippen LogP contribution in [0.4, 0.5) is 0 Å². The van der Waals surface area contributed by atoms with E-state index in [1.54, 1.807) is 55.1 Å². The minimum atomic E-state index is -3.63. The van der Waals surface area contributed by atoms with Crippen LogP contribution in [0.5, 0.6) is 11.5 Å². The molecule has 0 radical (unpaired) electrons. The number of benzene rings is 2. The predicted molar refractivity (Wildman–Crippen MR) is 148 cm³/mol. The van der Waals surface area contributed by atoms with Crippen LogP contribution in [0, 0.1) is 6.92 Å². The van der Waals surface area contributed by atoms with Gasteiger partial charge in [0.1, 0.15) is 5.03 Å². The van der Waals surface area contributed by atoms with E-state index in [2.05, 4.69) is 25.3 Å². The normalized spacial score (nSPS) is 11.5. The molecule has 0 unspecified atom stereocenters.